The van der Waals surface area contributed by atoms with Crippen LogP contribution in [-0.2, 0) is 0 Å². The highest BCUT2D eigenvalue weighted by molar-refractivity contribution is 5.85. The van der Waals surface area contributed by atoms with Gasteiger partial charge in [-0.2, -0.15) is 0 Å². The first-order valence-corrected chi connectivity index (χ1v) is 2.61. The van der Waals surface area contributed by atoms with E-state index in [0.29, 0.717) is 0 Å². The van der Waals surface area contributed by atoms with Crippen molar-refractivity contribution in [2.24, 2.45) is 5.73 Å². The number of rotatable bonds is 0. The van der Waals surface area contributed by atoms with Gasteiger partial charge in [-0.05, 0) is 19.8 Å². The minimum atomic E-state index is -0.542. The molecule has 0 aromatic carbocycles. The molecule has 2 atom stereocenters. The highest BCUT2D eigenvalue weighted by atomic mass is 35.5. The summed E-state index contributed by atoms with van der Waals surface area (Å²) in [5.74, 6) is 0. The average Bonchev–Trinajstić information content (AvgIpc) is 1.63. The molecule has 0 radical (unpaired) electrons. The molecule has 0 amide bonds. The smallest absolute Gasteiger partial charge is 0.0770 e. The van der Waals surface area contributed by atoms with Crippen LogP contribution in [0.15, 0.2) is 0 Å². The lowest BCUT2D eigenvalue weighted by Gasteiger charge is -2.39. The molecular formula is C5H12ClNO. The summed E-state index contributed by atoms with van der Waals surface area (Å²) >= 11 is 0. The lowest BCUT2D eigenvalue weighted by molar-refractivity contribution is -0.0367. The van der Waals surface area contributed by atoms with Crippen molar-refractivity contribution in [2.45, 2.75) is 31.4 Å². The van der Waals surface area contributed by atoms with Gasteiger partial charge in [0.05, 0.1) is 5.60 Å². The van der Waals surface area contributed by atoms with Crippen LogP contribution in [0.4, 0.5) is 0 Å². The van der Waals surface area contributed by atoms with E-state index in [2.05, 4.69) is 0 Å². The van der Waals surface area contributed by atoms with Gasteiger partial charge in [0.1, 0.15) is 0 Å². The topological polar surface area (TPSA) is 46.2 Å². The van der Waals surface area contributed by atoms with Crippen LogP contribution in [0.1, 0.15) is 19.8 Å². The molecule has 1 fully saturated rings. The molecule has 8 heavy (non-hydrogen) atoms. The van der Waals surface area contributed by atoms with Gasteiger partial charge in [-0.25, -0.2) is 0 Å². The Kier molecular flexibility index (Phi) is 2.27. The number of hydrogen-bond acceptors (Lipinski definition) is 2. The van der Waals surface area contributed by atoms with Crippen molar-refractivity contribution in [3.05, 3.63) is 0 Å². The van der Waals surface area contributed by atoms with E-state index in [1.54, 1.807) is 6.92 Å². The summed E-state index contributed by atoms with van der Waals surface area (Å²) in [6.45, 7) is 1.78. The van der Waals surface area contributed by atoms with Gasteiger partial charge in [0.2, 0.25) is 0 Å². The summed E-state index contributed by atoms with van der Waals surface area (Å²) in [7, 11) is 0. The third-order valence-corrected chi connectivity index (χ3v) is 1.76. The molecule has 1 aliphatic carbocycles. The van der Waals surface area contributed by atoms with Gasteiger partial charge >= 0.3 is 0 Å². The molecule has 3 N–H and O–H groups in total. The van der Waals surface area contributed by atoms with Gasteiger partial charge in [0.25, 0.3) is 0 Å². The zero-order valence-corrected chi connectivity index (χ0v) is 5.74. The van der Waals surface area contributed by atoms with E-state index in [1.807, 2.05) is 0 Å². The number of hydrogen-bond donors (Lipinski definition) is 2. The van der Waals surface area contributed by atoms with Crippen LogP contribution < -0.4 is 5.73 Å². The largest absolute Gasteiger partial charge is 0.389 e. The molecule has 0 aliphatic heterocycles. The summed E-state index contributed by atoms with van der Waals surface area (Å²) < 4.78 is 0. The van der Waals surface area contributed by atoms with Crippen LogP contribution in [-0.4, -0.2) is 16.7 Å². The highest BCUT2D eigenvalue weighted by Gasteiger charge is 2.37. The summed E-state index contributed by atoms with van der Waals surface area (Å²) in [6, 6.07) is 0.0347. The van der Waals surface area contributed by atoms with Crippen LogP contribution >= 0.6 is 12.4 Å². The third kappa shape index (κ3) is 1.13. The molecule has 1 saturated carbocycles. The number of halogens is 1. The van der Waals surface area contributed by atoms with Crippen molar-refractivity contribution in [1.29, 1.82) is 0 Å². The van der Waals surface area contributed by atoms with E-state index in [9.17, 15) is 0 Å². The Balaban J connectivity index is 0.000000490. The zero-order valence-electron chi connectivity index (χ0n) is 4.92. The molecular weight excluding hydrogens is 126 g/mol. The molecule has 3 heteroatoms. The summed E-state index contributed by atoms with van der Waals surface area (Å²) in [4.78, 5) is 0. The van der Waals surface area contributed by atoms with E-state index >= 15 is 0 Å². The Labute approximate surface area is 55.5 Å². The van der Waals surface area contributed by atoms with Crippen molar-refractivity contribution in [1.82, 2.24) is 0 Å². The van der Waals surface area contributed by atoms with E-state index in [1.165, 1.54) is 0 Å². The van der Waals surface area contributed by atoms with Crippen molar-refractivity contribution in [3.63, 3.8) is 0 Å². The molecule has 50 valence electrons. The second kappa shape index (κ2) is 2.21. The molecule has 0 saturated heterocycles. The van der Waals surface area contributed by atoms with E-state index in [4.69, 9.17) is 10.8 Å². The zero-order chi connectivity index (χ0) is 5.49. The first kappa shape index (κ1) is 8.21. The Morgan fingerprint density at radius 1 is 1.75 bits per heavy atom. The molecule has 1 aliphatic rings. The van der Waals surface area contributed by atoms with Gasteiger partial charge < -0.3 is 10.8 Å². The fraction of sp³-hybridized carbons (Fsp3) is 1.00. The van der Waals surface area contributed by atoms with E-state index in [0.717, 1.165) is 12.8 Å². The fourth-order valence-electron chi connectivity index (χ4n) is 0.729. The lowest BCUT2D eigenvalue weighted by Crippen LogP contribution is -2.54. The minimum Gasteiger partial charge on any atom is -0.389 e. The molecule has 0 heterocycles. The monoisotopic (exact) mass is 137 g/mol. The third-order valence-electron chi connectivity index (χ3n) is 1.76. The number of aliphatic hydroxyl groups is 1. The Bertz CT molecular complexity index is 84.5. The molecule has 0 aromatic heterocycles. The normalized spacial score (nSPS) is 44.6. The second-order valence-electron chi connectivity index (χ2n) is 2.50. The predicted octanol–water partition coefficient (Wildman–Crippen LogP) is 0.280. The van der Waals surface area contributed by atoms with E-state index in [-0.39, 0.29) is 18.4 Å². The van der Waals surface area contributed by atoms with Gasteiger partial charge in [-0.3, -0.25) is 0 Å². The maximum Gasteiger partial charge on any atom is 0.0770 e. The van der Waals surface area contributed by atoms with Gasteiger partial charge in [-0.15, -0.1) is 12.4 Å². The van der Waals surface area contributed by atoms with Crippen molar-refractivity contribution in [2.75, 3.05) is 0 Å². The fourth-order valence-corrected chi connectivity index (χ4v) is 0.729. The Morgan fingerprint density at radius 2 is 2.12 bits per heavy atom. The Morgan fingerprint density at radius 3 is 2.12 bits per heavy atom. The maximum atomic E-state index is 9.06. The quantitative estimate of drug-likeness (QED) is 0.504. The second-order valence-corrected chi connectivity index (χ2v) is 2.50. The summed E-state index contributed by atoms with van der Waals surface area (Å²) in [6.07, 6.45) is 1.85. The lowest BCUT2D eigenvalue weighted by atomic mass is 9.77. The van der Waals surface area contributed by atoms with Crippen LogP contribution in [0.5, 0.6) is 0 Å². The van der Waals surface area contributed by atoms with Crippen LogP contribution in [0, 0.1) is 0 Å². The maximum absolute atomic E-state index is 9.06. The SMILES string of the molecule is CC1(O)CCC1N.Cl. The van der Waals surface area contributed by atoms with Gasteiger partial charge in [0.15, 0.2) is 0 Å². The number of nitrogens with two attached hydrogens (primary N) is 1. The van der Waals surface area contributed by atoms with Crippen molar-refractivity contribution < 1.29 is 5.11 Å². The minimum absolute atomic E-state index is 0. The predicted molar refractivity (Wildman–Crippen MR) is 35.1 cm³/mol. The van der Waals surface area contributed by atoms with Gasteiger partial charge in [0, 0.05) is 6.04 Å². The summed E-state index contributed by atoms with van der Waals surface area (Å²) in [5, 5.41) is 9.06. The Hall–Kier alpha value is 0.210. The highest BCUT2D eigenvalue weighted by Crippen LogP contribution is 2.29. The van der Waals surface area contributed by atoms with Crippen LogP contribution in [0.3, 0.4) is 0 Å². The first-order valence-electron chi connectivity index (χ1n) is 2.61. The van der Waals surface area contributed by atoms with Crippen molar-refractivity contribution >= 4 is 12.4 Å². The standard InChI is InChI=1S/C5H11NO.ClH/c1-5(7)3-2-4(5)6;/h4,7H,2-3,6H2,1H3;1H. The molecule has 2 unspecified atom stereocenters. The molecule has 1 rings (SSSR count). The van der Waals surface area contributed by atoms with E-state index < -0.39 is 5.60 Å². The van der Waals surface area contributed by atoms with Gasteiger partial charge in [-0.1, -0.05) is 0 Å². The molecule has 0 aromatic rings. The molecule has 2 nitrogen and oxygen atoms in total. The van der Waals surface area contributed by atoms with Crippen LogP contribution in [0.2, 0.25) is 0 Å². The van der Waals surface area contributed by atoms with Crippen LogP contribution in [0.25, 0.3) is 0 Å². The first-order chi connectivity index (χ1) is 3.13. The average molecular weight is 138 g/mol. The van der Waals surface area contributed by atoms with Crippen molar-refractivity contribution in [3.8, 4) is 0 Å². The summed E-state index contributed by atoms with van der Waals surface area (Å²) in [5.41, 5.74) is 4.86. The molecule has 0 bridgehead atoms. The molecule has 0 spiro atoms.